The van der Waals surface area contributed by atoms with E-state index < -0.39 is 37.3 Å². The van der Waals surface area contributed by atoms with Crippen molar-refractivity contribution in [2.75, 3.05) is 13.7 Å². The van der Waals surface area contributed by atoms with Crippen LogP contribution in [0.5, 0.6) is 5.75 Å². The highest BCUT2D eigenvalue weighted by Gasteiger charge is 2.60. The van der Waals surface area contributed by atoms with Crippen molar-refractivity contribution < 1.29 is 27.4 Å². The van der Waals surface area contributed by atoms with Gasteiger partial charge in [0.05, 0.1) is 31.7 Å². The van der Waals surface area contributed by atoms with Crippen molar-refractivity contribution >= 4 is 21.2 Å². The van der Waals surface area contributed by atoms with Crippen LogP contribution in [0.2, 0.25) is 0 Å². The van der Waals surface area contributed by atoms with E-state index in [0.29, 0.717) is 28.0 Å². The number of hydrogen-bond donors (Lipinski definition) is 3. The van der Waals surface area contributed by atoms with Crippen molar-refractivity contribution in [2.45, 2.75) is 55.4 Å². The first-order valence-electron chi connectivity index (χ1n) is 13.3. The zero-order valence-corrected chi connectivity index (χ0v) is 24.6. The summed E-state index contributed by atoms with van der Waals surface area (Å²) in [6.07, 6.45) is -1.48. The molecule has 3 aromatic carbocycles. The van der Waals surface area contributed by atoms with Gasteiger partial charge in [0.15, 0.2) is 9.84 Å². The number of aliphatic hydroxyl groups excluding tert-OH is 1. The lowest BCUT2D eigenvalue weighted by molar-refractivity contribution is 0.0494. The molecule has 0 bridgehead atoms. The van der Waals surface area contributed by atoms with Crippen LogP contribution in [0.4, 0.5) is 4.39 Å². The van der Waals surface area contributed by atoms with Gasteiger partial charge in [-0.05, 0) is 73.7 Å². The fraction of sp³-hybridized carbons (Fsp3) is 0.344. The number of rotatable bonds is 10. The molecule has 1 saturated heterocycles. The molecule has 0 aliphatic carbocycles. The second kappa shape index (κ2) is 11.8. The van der Waals surface area contributed by atoms with Crippen LogP contribution in [0, 0.1) is 11.2 Å². The molecule has 3 aromatic rings. The smallest absolute Gasteiger partial charge is 0.168 e. The highest BCUT2D eigenvalue weighted by atomic mass is 32.2. The molecule has 2 unspecified atom stereocenters. The van der Waals surface area contributed by atoms with E-state index in [1.54, 1.807) is 18.2 Å². The third-order valence-electron chi connectivity index (χ3n) is 7.89. The normalized spacial score (nSPS) is 22.0. The fourth-order valence-corrected chi connectivity index (χ4v) is 7.58. The van der Waals surface area contributed by atoms with E-state index in [4.69, 9.17) is 14.9 Å². The second-order valence-electron chi connectivity index (χ2n) is 11.0. The quantitative estimate of drug-likeness (QED) is 0.290. The average Bonchev–Trinajstić information content (AvgIpc) is 2.95. The SMILES string of the molecule is C=C(C)c1ccc(OC)cc1[C@@]1(COCc2ccccc2)NC(=N)C(C)(C)S(=O)(=O)C1CC(O)c1ccc(F)cc1. The van der Waals surface area contributed by atoms with Gasteiger partial charge in [0.2, 0.25) is 0 Å². The van der Waals surface area contributed by atoms with E-state index in [1.807, 2.05) is 37.3 Å². The van der Waals surface area contributed by atoms with Crippen molar-refractivity contribution in [1.29, 1.82) is 5.41 Å². The number of nitrogens with one attached hydrogen (secondary N) is 2. The minimum atomic E-state index is -4.15. The molecular weight excluding hydrogens is 543 g/mol. The molecule has 1 fully saturated rings. The van der Waals surface area contributed by atoms with Crippen LogP contribution in [0.1, 0.15) is 55.5 Å². The first-order chi connectivity index (χ1) is 19.3. The van der Waals surface area contributed by atoms with Crippen molar-refractivity contribution in [2.24, 2.45) is 0 Å². The predicted molar refractivity (Wildman–Crippen MR) is 159 cm³/mol. The van der Waals surface area contributed by atoms with Gasteiger partial charge in [0.25, 0.3) is 0 Å². The highest BCUT2D eigenvalue weighted by Crippen LogP contribution is 2.46. The summed E-state index contributed by atoms with van der Waals surface area (Å²) in [5, 5.41) is 22.2. The molecule has 0 saturated carbocycles. The lowest BCUT2D eigenvalue weighted by Crippen LogP contribution is -2.71. The zero-order chi connectivity index (χ0) is 30.0. The van der Waals surface area contributed by atoms with Gasteiger partial charge in [-0.15, -0.1) is 0 Å². The van der Waals surface area contributed by atoms with Gasteiger partial charge in [0.1, 0.15) is 27.7 Å². The van der Waals surface area contributed by atoms with Gasteiger partial charge < -0.3 is 19.9 Å². The third kappa shape index (κ3) is 5.80. The monoisotopic (exact) mass is 580 g/mol. The van der Waals surface area contributed by atoms with E-state index >= 15 is 0 Å². The molecule has 1 aliphatic heterocycles. The number of benzene rings is 3. The standard InChI is InChI=1S/C32H37FN2O5S/c1-21(2)26-16-15-25(39-5)17-27(26)32(20-40-19-22-9-7-6-8-10-22)29(41(37,38)31(3,4)30(34)35-32)18-28(36)23-11-13-24(33)14-12-23/h6-17,28-29,36H,1,18-20H2,2-5H3,(H2,34,35)/t28?,29?,32-/m1/s1. The zero-order valence-electron chi connectivity index (χ0n) is 23.8. The van der Waals surface area contributed by atoms with Crippen LogP contribution < -0.4 is 10.1 Å². The molecule has 1 heterocycles. The topological polar surface area (TPSA) is 109 Å². The molecule has 218 valence electrons. The lowest BCUT2D eigenvalue weighted by atomic mass is 9.79. The molecular formula is C32H37FN2O5S. The largest absolute Gasteiger partial charge is 0.497 e. The Kier molecular flexibility index (Phi) is 8.73. The van der Waals surface area contributed by atoms with Crippen molar-refractivity contribution in [3.05, 3.63) is 107 Å². The van der Waals surface area contributed by atoms with E-state index in [1.165, 1.54) is 45.2 Å². The molecule has 7 nitrogen and oxygen atoms in total. The molecule has 4 rings (SSSR count). The van der Waals surface area contributed by atoms with Gasteiger partial charge >= 0.3 is 0 Å². The Hall–Kier alpha value is -3.53. The number of hydrogen-bond acceptors (Lipinski definition) is 6. The maximum atomic E-state index is 14.5. The number of aliphatic hydroxyl groups is 1. The van der Waals surface area contributed by atoms with E-state index in [-0.39, 0.29) is 25.5 Å². The Labute approximate surface area is 241 Å². The van der Waals surface area contributed by atoms with E-state index in [2.05, 4.69) is 11.9 Å². The van der Waals surface area contributed by atoms with Crippen LogP contribution in [0.3, 0.4) is 0 Å². The summed E-state index contributed by atoms with van der Waals surface area (Å²) in [5.41, 5.74) is 1.64. The van der Waals surface area contributed by atoms with E-state index in [0.717, 1.165) is 5.56 Å². The molecule has 3 N–H and O–H groups in total. The summed E-state index contributed by atoms with van der Waals surface area (Å²) in [6.45, 7) is 8.95. The van der Waals surface area contributed by atoms with Crippen LogP contribution in [-0.4, -0.2) is 43.1 Å². The Morgan fingerprint density at radius 2 is 1.78 bits per heavy atom. The summed E-state index contributed by atoms with van der Waals surface area (Å²) in [7, 11) is -2.63. The summed E-state index contributed by atoms with van der Waals surface area (Å²) in [6, 6.07) is 20.1. The third-order valence-corrected chi connectivity index (χ3v) is 10.9. The van der Waals surface area contributed by atoms with Crippen LogP contribution in [-0.2, 0) is 26.7 Å². The van der Waals surface area contributed by atoms with Crippen LogP contribution in [0.15, 0.2) is 79.4 Å². The number of allylic oxidation sites excluding steroid dienone is 1. The number of amidine groups is 1. The Morgan fingerprint density at radius 1 is 1.12 bits per heavy atom. The summed E-state index contributed by atoms with van der Waals surface area (Å²) >= 11 is 0. The predicted octanol–water partition coefficient (Wildman–Crippen LogP) is 5.55. The molecule has 0 spiro atoms. The summed E-state index contributed by atoms with van der Waals surface area (Å²) in [4.78, 5) is 0. The number of halogens is 1. The highest BCUT2D eigenvalue weighted by molar-refractivity contribution is 7.94. The summed E-state index contributed by atoms with van der Waals surface area (Å²) in [5.74, 6) is -0.168. The average molecular weight is 581 g/mol. The van der Waals surface area contributed by atoms with Crippen molar-refractivity contribution in [3.8, 4) is 5.75 Å². The fourth-order valence-electron chi connectivity index (χ4n) is 5.31. The molecule has 1 aliphatic rings. The van der Waals surface area contributed by atoms with Crippen LogP contribution in [0.25, 0.3) is 5.57 Å². The minimum Gasteiger partial charge on any atom is -0.497 e. The van der Waals surface area contributed by atoms with Crippen LogP contribution >= 0.6 is 0 Å². The molecule has 0 radical (unpaired) electrons. The lowest BCUT2D eigenvalue weighted by Gasteiger charge is -2.51. The maximum absolute atomic E-state index is 14.5. The summed E-state index contributed by atoms with van der Waals surface area (Å²) < 4.78 is 52.8. The first kappa shape index (κ1) is 30.4. The Morgan fingerprint density at radius 3 is 2.39 bits per heavy atom. The van der Waals surface area contributed by atoms with Gasteiger partial charge in [-0.25, -0.2) is 12.8 Å². The molecule has 3 atom stereocenters. The first-order valence-corrected chi connectivity index (χ1v) is 14.9. The molecule has 0 amide bonds. The van der Waals surface area contributed by atoms with Crippen molar-refractivity contribution in [3.63, 3.8) is 0 Å². The molecule has 41 heavy (non-hydrogen) atoms. The minimum absolute atomic E-state index is 0.145. The van der Waals surface area contributed by atoms with E-state index in [9.17, 15) is 17.9 Å². The van der Waals surface area contributed by atoms with Gasteiger partial charge in [-0.2, -0.15) is 0 Å². The maximum Gasteiger partial charge on any atom is 0.168 e. The Balaban J connectivity index is 1.93. The number of sulfone groups is 1. The second-order valence-corrected chi connectivity index (χ2v) is 13.7. The van der Waals surface area contributed by atoms with Gasteiger partial charge in [-0.3, -0.25) is 5.41 Å². The molecule has 0 aromatic heterocycles. The van der Waals surface area contributed by atoms with Crippen molar-refractivity contribution in [1.82, 2.24) is 5.32 Å². The number of methoxy groups -OCH3 is 1. The molecule has 9 heteroatoms. The van der Waals surface area contributed by atoms with Gasteiger partial charge in [-0.1, -0.05) is 60.7 Å². The Bertz CT molecular complexity index is 1520. The number of ether oxygens (including phenoxy) is 2. The van der Waals surface area contributed by atoms with Gasteiger partial charge in [0, 0.05) is 0 Å².